The number of nitrogens with zero attached hydrogens (tertiary/aromatic N) is 2. The number of aromatic amines is 1. The average molecular weight is 483 g/mol. The first-order valence-electron chi connectivity index (χ1n) is 12.4. The first-order chi connectivity index (χ1) is 17.5. The first kappa shape index (κ1) is 23.7. The zero-order valence-electron chi connectivity index (χ0n) is 20.6. The van der Waals surface area contributed by atoms with Crippen LogP contribution in [0.15, 0.2) is 61.1 Å². The molecule has 7 nitrogen and oxygen atoms in total. The van der Waals surface area contributed by atoms with Gasteiger partial charge in [0.2, 0.25) is 0 Å². The Morgan fingerprint density at radius 3 is 2.31 bits per heavy atom. The molecule has 1 saturated carbocycles. The highest BCUT2D eigenvalue weighted by atomic mass is 16.5. The minimum atomic E-state index is -0.105. The summed E-state index contributed by atoms with van der Waals surface area (Å²) in [5, 5.41) is 4.24. The molecule has 0 aliphatic heterocycles. The molecule has 0 saturated heterocycles. The van der Waals surface area contributed by atoms with Gasteiger partial charge in [-0.1, -0.05) is 17.7 Å². The lowest BCUT2D eigenvalue weighted by Crippen LogP contribution is -2.27. The van der Waals surface area contributed by atoms with E-state index < -0.39 is 0 Å². The van der Waals surface area contributed by atoms with E-state index in [-0.39, 0.29) is 17.6 Å². The van der Waals surface area contributed by atoms with Crippen molar-refractivity contribution in [2.24, 2.45) is 5.92 Å². The Kier molecular flexibility index (Phi) is 6.80. The molecule has 1 aliphatic rings. The highest BCUT2D eigenvalue weighted by molar-refractivity contribution is 6.18. The third-order valence-electron chi connectivity index (χ3n) is 6.85. The van der Waals surface area contributed by atoms with Crippen molar-refractivity contribution in [3.05, 3.63) is 77.7 Å². The number of aryl methyl sites for hydroxylation is 1. The van der Waals surface area contributed by atoms with Gasteiger partial charge in [-0.3, -0.25) is 4.79 Å². The minimum absolute atomic E-state index is 0.105. The quantitative estimate of drug-likeness (QED) is 0.289. The van der Waals surface area contributed by atoms with Crippen molar-refractivity contribution in [2.45, 2.75) is 52.0 Å². The molecule has 2 aromatic carbocycles. The number of ether oxygens (including phenoxy) is 1. The van der Waals surface area contributed by atoms with Crippen LogP contribution in [-0.2, 0) is 4.79 Å². The lowest BCUT2D eigenvalue weighted by Gasteiger charge is -2.29. The lowest BCUT2D eigenvalue weighted by atomic mass is 9.83. The second-order valence-electron chi connectivity index (χ2n) is 9.68. The SMILES string of the molecule is CC(=O)CC1CCC(Nc2ncnc3[nH]cc(C(=O)c4ccc(Oc5ccc(C)cc5)cc4)c23)CC1. The van der Waals surface area contributed by atoms with E-state index in [1.807, 2.05) is 31.2 Å². The fourth-order valence-electron chi connectivity index (χ4n) is 4.93. The summed E-state index contributed by atoms with van der Waals surface area (Å²) in [5.74, 6) is 2.70. The molecule has 5 rings (SSSR count). The van der Waals surface area contributed by atoms with Gasteiger partial charge in [0.25, 0.3) is 0 Å². The maximum absolute atomic E-state index is 13.4. The summed E-state index contributed by atoms with van der Waals surface area (Å²) < 4.78 is 5.90. The summed E-state index contributed by atoms with van der Waals surface area (Å²) in [6.07, 6.45) is 7.85. The van der Waals surface area contributed by atoms with Gasteiger partial charge in [0.05, 0.1) is 10.9 Å². The summed E-state index contributed by atoms with van der Waals surface area (Å²) in [5.41, 5.74) is 2.89. The Morgan fingerprint density at radius 1 is 0.972 bits per heavy atom. The van der Waals surface area contributed by atoms with E-state index in [0.717, 1.165) is 31.4 Å². The van der Waals surface area contributed by atoms with Crippen LogP contribution in [0.4, 0.5) is 5.82 Å². The zero-order chi connectivity index (χ0) is 25.1. The number of H-pyrrole nitrogens is 1. The van der Waals surface area contributed by atoms with Crippen molar-refractivity contribution in [3.8, 4) is 11.5 Å². The second-order valence-corrected chi connectivity index (χ2v) is 9.68. The normalized spacial score (nSPS) is 17.6. The minimum Gasteiger partial charge on any atom is -0.457 e. The van der Waals surface area contributed by atoms with Crippen LogP contribution in [0.2, 0.25) is 0 Å². The highest BCUT2D eigenvalue weighted by Crippen LogP contribution is 2.32. The van der Waals surface area contributed by atoms with Gasteiger partial charge in [-0.15, -0.1) is 0 Å². The van der Waals surface area contributed by atoms with Crippen LogP contribution < -0.4 is 10.1 Å². The number of Topliss-reactive ketones (excluding diaryl/α,β-unsaturated/α-hetero) is 1. The predicted octanol–water partition coefficient (Wildman–Crippen LogP) is 6.24. The number of benzene rings is 2. The van der Waals surface area contributed by atoms with Crippen molar-refractivity contribution in [3.63, 3.8) is 0 Å². The molecule has 7 heteroatoms. The molecule has 0 amide bonds. The van der Waals surface area contributed by atoms with Gasteiger partial charge in [-0.2, -0.15) is 0 Å². The molecule has 2 N–H and O–H groups in total. The van der Waals surface area contributed by atoms with Crippen molar-refractivity contribution >= 4 is 28.4 Å². The van der Waals surface area contributed by atoms with Crippen LogP contribution in [0.5, 0.6) is 11.5 Å². The molecule has 0 bridgehead atoms. The maximum Gasteiger partial charge on any atom is 0.195 e. The van der Waals surface area contributed by atoms with Gasteiger partial charge in [0.15, 0.2) is 5.78 Å². The molecule has 0 unspecified atom stereocenters. The third kappa shape index (κ3) is 5.30. The van der Waals surface area contributed by atoms with Crippen LogP contribution >= 0.6 is 0 Å². The van der Waals surface area contributed by atoms with Crippen molar-refractivity contribution < 1.29 is 14.3 Å². The summed E-state index contributed by atoms with van der Waals surface area (Å²) in [6.45, 7) is 3.69. The van der Waals surface area contributed by atoms with Gasteiger partial charge in [-0.05, 0) is 81.8 Å². The van der Waals surface area contributed by atoms with Crippen LogP contribution in [0, 0.1) is 12.8 Å². The second kappa shape index (κ2) is 10.3. The molecular weight excluding hydrogens is 452 g/mol. The molecule has 0 radical (unpaired) electrons. The molecular formula is C29H30N4O3. The summed E-state index contributed by atoms with van der Waals surface area (Å²) in [6, 6.07) is 15.2. The number of hydrogen-bond donors (Lipinski definition) is 2. The summed E-state index contributed by atoms with van der Waals surface area (Å²) >= 11 is 0. The molecule has 2 heterocycles. The van der Waals surface area contributed by atoms with Crippen molar-refractivity contribution in [2.75, 3.05) is 5.32 Å². The average Bonchev–Trinajstić information content (AvgIpc) is 3.32. The van der Waals surface area contributed by atoms with Crippen molar-refractivity contribution in [1.29, 1.82) is 0 Å². The van der Waals surface area contributed by atoms with E-state index in [2.05, 4.69) is 20.3 Å². The fraction of sp³-hybridized carbons (Fsp3) is 0.310. The standard InChI is InChI=1S/C29H30N4O3/c1-18-3-11-23(12-4-18)36-24-13-7-21(8-14-24)27(35)25-16-30-28-26(25)29(32-17-31-28)33-22-9-5-20(6-10-22)15-19(2)34/h3-4,7-8,11-14,16-17,20,22H,5-6,9-10,15H2,1-2H3,(H2,30,31,32,33). The molecule has 36 heavy (non-hydrogen) atoms. The number of nitrogens with one attached hydrogen (secondary N) is 2. The van der Waals surface area contributed by atoms with Crippen LogP contribution in [0.25, 0.3) is 11.0 Å². The number of anilines is 1. The monoisotopic (exact) mass is 482 g/mol. The Morgan fingerprint density at radius 2 is 1.64 bits per heavy atom. The molecule has 1 aliphatic carbocycles. The highest BCUT2D eigenvalue weighted by Gasteiger charge is 2.24. The number of fused-ring (bicyclic) bond motifs is 1. The molecule has 2 aromatic heterocycles. The van der Waals surface area contributed by atoms with Crippen molar-refractivity contribution in [1.82, 2.24) is 15.0 Å². The van der Waals surface area contributed by atoms with Crippen LogP contribution in [0.3, 0.4) is 0 Å². The predicted molar refractivity (Wildman–Crippen MR) is 140 cm³/mol. The van der Waals surface area contributed by atoms with Gasteiger partial charge in [-0.25, -0.2) is 9.97 Å². The fourth-order valence-corrected chi connectivity index (χ4v) is 4.93. The Balaban J connectivity index is 1.32. The number of carbonyl (C=O) groups excluding carboxylic acids is 2. The number of ketones is 2. The molecule has 1 fully saturated rings. The van der Waals surface area contributed by atoms with Gasteiger partial charge < -0.3 is 19.8 Å². The van der Waals surface area contributed by atoms with E-state index in [0.29, 0.717) is 46.1 Å². The van der Waals surface area contributed by atoms with E-state index in [1.165, 1.54) is 11.9 Å². The van der Waals surface area contributed by atoms with Gasteiger partial charge in [0.1, 0.15) is 35.1 Å². The topological polar surface area (TPSA) is 97.0 Å². The first-order valence-corrected chi connectivity index (χ1v) is 12.4. The Bertz CT molecular complexity index is 1370. The third-order valence-corrected chi connectivity index (χ3v) is 6.85. The summed E-state index contributed by atoms with van der Waals surface area (Å²) in [7, 11) is 0. The van der Waals surface area contributed by atoms with Gasteiger partial charge in [0, 0.05) is 24.2 Å². The maximum atomic E-state index is 13.4. The molecule has 4 aromatic rings. The van der Waals surface area contributed by atoms with E-state index in [1.54, 1.807) is 37.4 Å². The number of rotatable bonds is 8. The summed E-state index contributed by atoms with van der Waals surface area (Å²) in [4.78, 5) is 36.8. The lowest BCUT2D eigenvalue weighted by molar-refractivity contribution is -0.118. The Labute approximate surface area is 210 Å². The Hall–Kier alpha value is -4.00. The van der Waals surface area contributed by atoms with E-state index >= 15 is 0 Å². The smallest absolute Gasteiger partial charge is 0.195 e. The number of aromatic nitrogens is 3. The van der Waals surface area contributed by atoms with Crippen LogP contribution in [-0.4, -0.2) is 32.6 Å². The largest absolute Gasteiger partial charge is 0.457 e. The van der Waals surface area contributed by atoms with E-state index in [4.69, 9.17) is 4.74 Å². The zero-order valence-corrected chi connectivity index (χ0v) is 20.6. The molecule has 0 atom stereocenters. The number of hydrogen-bond acceptors (Lipinski definition) is 6. The molecule has 184 valence electrons. The van der Waals surface area contributed by atoms with Gasteiger partial charge >= 0.3 is 0 Å². The van der Waals surface area contributed by atoms with Crippen LogP contribution in [0.1, 0.15) is 60.5 Å². The van der Waals surface area contributed by atoms with E-state index in [9.17, 15) is 9.59 Å². The molecule has 0 spiro atoms. The number of carbonyl (C=O) groups is 2.